The van der Waals surface area contributed by atoms with Gasteiger partial charge < -0.3 is 10.5 Å². The molecule has 1 aromatic rings. The molecule has 1 heterocycles. The monoisotopic (exact) mass is 253 g/mol. The lowest BCUT2D eigenvalue weighted by Gasteiger charge is -2.25. The summed E-state index contributed by atoms with van der Waals surface area (Å²) < 4.78 is 42.8. The van der Waals surface area contributed by atoms with Gasteiger partial charge in [-0.1, -0.05) is 12.1 Å². The number of ether oxygens (including phenoxy) is 1. The molecule has 2 rings (SSSR count). The molecule has 0 aliphatic carbocycles. The van der Waals surface area contributed by atoms with Gasteiger partial charge in [0.05, 0.1) is 12.2 Å². The lowest BCUT2D eigenvalue weighted by molar-refractivity contribution is -0.139. The van der Waals surface area contributed by atoms with Crippen molar-refractivity contribution in [1.29, 1.82) is 0 Å². The van der Waals surface area contributed by atoms with Crippen molar-refractivity contribution in [3.63, 3.8) is 0 Å². The van der Waals surface area contributed by atoms with Crippen molar-refractivity contribution < 1.29 is 17.9 Å². The van der Waals surface area contributed by atoms with E-state index in [1.165, 1.54) is 6.07 Å². The fourth-order valence-electron chi connectivity index (χ4n) is 1.67. The van der Waals surface area contributed by atoms with Gasteiger partial charge in [-0.25, -0.2) is 0 Å². The van der Waals surface area contributed by atoms with Crippen LogP contribution in [0.15, 0.2) is 18.2 Å². The lowest BCUT2D eigenvalue weighted by atomic mass is 9.98. The number of alkyl halides is 3. The first kappa shape index (κ1) is 13.1. The van der Waals surface area contributed by atoms with Crippen molar-refractivity contribution in [1.82, 2.24) is 0 Å². The highest BCUT2D eigenvalue weighted by Gasteiger charge is 2.36. The maximum atomic E-state index is 12.6. The summed E-state index contributed by atoms with van der Waals surface area (Å²) in [6, 6.07) is 3.58. The zero-order chi connectivity index (χ0) is 11.1. The normalized spacial score (nSPS) is 19.4. The van der Waals surface area contributed by atoms with Crippen LogP contribution in [0, 0.1) is 0 Å². The van der Waals surface area contributed by atoms with Crippen molar-refractivity contribution in [2.75, 3.05) is 6.61 Å². The third-order valence-electron chi connectivity index (χ3n) is 2.43. The van der Waals surface area contributed by atoms with Gasteiger partial charge in [0, 0.05) is 18.0 Å². The molecule has 2 N–H and O–H groups in total. The Morgan fingerprint density at radius 3 is 2.62 bits per heavy atom. The summed E-state index contributed by atoms with van der Waals surface area (Å²) in [5.41, 5.74) is 5.41. The van der Waals surface area contributed by atoms with Crippen LogP contribution in [0.2, 0.25) is 0 Å². The third kappa shape index (κ3) is 2.25. The summed E-state index contributed by atoms with van der Waals surface area (Å²) in [5.74, 6) is -0.108. The summed E-state index contributed by atoms with van der Waals surface area (Å²) in [6.45, 7) is 0.237. The molecule has 0 amide bonds. The van der Waals surface area contributed by atoms with Gasteiger partial charge in [-0.3, -0.25) is 0 Å². The Kier molecular flexibility index (Phi) is 3.70. The SMILES string of the molecule is Cl.NC1CCOc2c1cccc2C(F)(F)F. The van der Waals surface area contributed by atoms with Gasteiger partial charge in [-0.15, -0.1) is 12.4 Å². The number of hydrogen-bond acceptors (Lipinski definition) is 2. The van der Waals surface area contributed by atoms with Crippen LogP contribution in [0.5, 0.6) is 5.75 Å². The third-order valence-corrected chi connectivity index (χ3v) is 2.43. The summed E-state index contributed by atoms with van der Waals surface area (Å²) in [4.78, 5) is 0. The van der Waals surface area contributed by atoms with E-state index in [9.17, 15) is 13.2 Å². The predicted octanol–water partition coefficient (Wildman–Crippen LogP) is 2.91. The fraction of sp³-hybridized carbons (Fsp3) is 0.400. The minimum Gasteiger partial charge on any atom is -0.493 e. The smallest absolute Gasteiger partial charge is 0.419 e. The number of benzene rings is 1. The fourth-order valence-corrected chi connectivity index (χ4v) is 1.67. The second-order valence-corrected chi connectivity index (χ2v) is 3.47. The van der Waals surface area contributed by atoms with Crippen molar-refractivity contribution in [3.05, 3.63) is 29.3 Å². The molecule has 16 heavy (non-hydrogen) atoms. The zero-order valence-electron chi connectivity index (χ0n) is 8.25. The molecule has 1 aliphatic rings. The second kappa shape index (κ2) is 4.51. The zero-order valence-corrected chi connectivity index (χ0v) is 9.07. The molecular weight excluding hydrogens is 243 g/mol. The van der Waals surface area contributed by atoms with Crippen LogP contribution in [-0.2, 0) is 6.18 Å². The molecule has 2 nitrogen and oxygen atoms in total. The van der Waals surface area contributed by atoms with E-state index < -0.39 is 11.7 Å². The molecule has 0 spiro atoms. The van der Waals surface area contributed by atoms with Crippen LogP contribution in [0.4, 0.5) is 13.2 Å². The van der Waals surface area contributed by atoms with E-state index in [0.717, 1.165) is 6.07 Å². The molecule has 1 atom stereocenters. The average Bonchev–Trinajstić information content (AvgIpc) is 2.16. The number of fused-ring (bicyclic) bond motifs is 1. The Balaban J connectivity index is 0.00000128. The predicted molar refractivity (Wildman–Crippen MR) is 55.7 cm³/mol. The summed E-state index contributed by atoms with van der Waals surface area (Å²) in [6.07, 6.45) is -3.84. The van der Waals surface area contributed by atoms with E-state index in [1.54, 1.807) is 6.07 Å². The van der Waals surface area contributed by atoms with E-state index in [0.29, 0.717) is 12.0 Å². The van der Waals surface area contributed by atoms with Crippen molar-refractivity contribution in [3.8, 4) is 5.75 Å². The number of nitrogens with two attached hydrogens (primary N) is 1. The average molecular weight is 254 g/mol. The molecule has 6 heteroatoms. The molecule has 0 bridgehead atoms. The number of rotatable bonds is 0. The highest BCUT2D eigenvalue weighted by molar-refractivity contribution is 5.85. The topological polar surface area (TPSA) is 35.2 Å². The minimum absolute atomic E-state index is 0. The van der Waals surface area contributed by atoms with Gasteiger partial charge in [0.15, 0.2) is 0 Å². The Bertz CT molecular complexity index is 381. The van der Waals surface area contributed by atoms with Crippen LogP contribution in [0.1, 0.15) is 23.6 Å². The van der Waals surface area contributed by atoms with Gasteiger partial charge in [0.2, 0.25) is 0 Å². The van der Waals surface area contributed by atoms with E-state index in [2.05, 4.69) is 0 Å². The molecule has 1 unspecified atom stereocenters. The molecule has 1 aromatic carbocycles. The van der Waals surface area contributed by atoms with Gasteiger partial charge >= 0.3 is 6.18 Å². The summed E-state index contributed by atoms with van der Waals surface area (Å²) in [7, 11) is 0. The Hall–Kier alpha value is -0.940. The highest BCUT2D eigenvalue weighted by atomic mass is 35.5. The first-order valence-electron chi connectivity index (χ1n) is 4.58. The molecule has 0 aromatic heterocycles. The lowest BCUT2D eigenvalue weighted by Crippen LogP contribution is -2.23. The van der Waals surface area contributed by atoms with E-state index in [1.807, 2.05) is 0 Å². The van der Waals surface area contributed by atoms with Gasteiger partial charge in [0.25, 0.3) is 0 Å². The first-order valence-corrected chi connectivity index (χ1v) is 4.58. The van der Waals surface area contributed by atoms with Crippen LogP contribution in [0.3, 0.4) is 0 Å². The first-order chi connectivity index (χ1) is 7.00. The molecule has 90 valence electrons. The second-order valence-electron chi connectivity index (χ2n) is 3.47. The molecule has 0 fully saturated rings. The van der Waals surface area contributed by atoms with E-state index in [4.69, 9.17) is 10.5 Å². The van der Waals surface area contributed by atoms with Crippen LogP contribution in [-0.4, -0.2) is 6.61 Å². The maximum Gasteiger partial charge on any atom is 0.419 e. The van der Waals surface area contributed by atoms with Crippen LogP contribution in [0.25, 0.3) is 0 Å². The van der Waals surface area contributed by atoms with Gasteiger partial charge in [0.1, 0.15) is 5.75 Å². The maximum absolute atomic E-state index is 12.6. The minimum atomic E-state index is -4.39. The standard InChI is InChI=1S/C10H10F3NO.ClH/c11-10(12,13)7-3-1-2-6-8(14)4-5-15-9(6)7;/h1-3,8H,4-5,14H2;1H. The van der Waals surface area contributed by atoms with Crippen molar-refractivity contribution in [2.24, 2.45) is 5.73 Å². The van der Waals surface area contributed by atoms with Crippen LogP contribution >= 0.6 is 12.4 Å². The number of para-hydroxylation sites is 1. The van der Waals surface area contributed by atoms with Crippen molar-refractivity contribution >= 4 is 12.4 Å². The number of halogens is 4. The molecule has 1 aliphatic heterocycles. The largest absolute Gasteiger partial charge is 0.493 e. The molecule has 0 radical (unpaired) electrons. The Morgan fingerprint density at radius 1 is 1.31 bits per heavy atom. The van der Waals surface area contributed by atoms with E-state index in [-0.39, 0.29) is 30.8 Å². The Labute approximate surface area is 97.0 Å². The Morgan fingerprint density at radius 2 is 2.00 bits per heavy atom. The quantitative estimate of drug-likeness (QED) is 0.772. The number of hydrogen-bond donors (Lipinski definition) is 1. The van der Waals surface area contributed by atoms with Crippen LogP contribution < -0.4 is 10.5 Å². The van der Waals surface area contributed by atoms with Crippen molar-refractivity contribution in [2.45, 2.75) is 18.6 Å². The summed E-state index contributed by atoms with van der Waals surface area (Å²) in [5, 5.41) is 0. The highest BCUT2D eigenvalue weighted by Crippen LogP contribution is 2.41. The molecule has 0 saturated heterocycles. The van der Waals surface area contributed by atoms with Gasteiger partial charge in [-0.2, -0.15) is 13.2 Å². The van der Waals surface area contributed by atoms with Gasteiger partial charge in [-0.05, 0) is 6.07 Å². The van der Waals surface area contributed by atoms with E-state index >= 15 is 0 Å². The molecule has 0 saturated carbocycles. The molecular formula is C10H11ClF3NO. The summed E-state index contributed by atoms with van der Waals surface area (Å²) >= 11 is 0.